The number of hydrogen-bond acceptors (Lipinski definition) is 8. The van der Waals surface area contributed by atoms with Crippen molar-refractivity contribution in [3.63, 3.8) is 0 Å². The molecular weight excluding hydrogens is 600 g/mol. The lowest BCUT2D eigenvalue weighted by molar-refractivity contribution is 0.0505. The van der Waals surface area contributed by atoms with E-state index >= 15 is 0 Å². The number of anilines is 1. The molecule has 0 fully saturated rings. The predicted octanol–water partition coefficient (Wildman–Crippen LogP) is 6.49. The van der Waals surface area contributed by atoms with Gasteiger partial charge in [-0.25, -0.2) is 28.1 Å². The number of carbonyl (C=O) groups is 1. The van der Waals surface area contributed by atoms with Gasteiger partial charge in [0.05, 0.1) is 23.2 Å². The van der Waals surface area contributed by atoms with E-state index in [9.17, 15) is 13.2 Å². The molecule has 0 saturated carbocycles. The highest BCUT2D eigenvalue weighted by Gasteiger charge is 2.32. The number of aryl methyl sites for hydroxylation is 2. The van der Waals surface area contributed by atoms with Gasteiger partial charge in [-0.3, -0.25) is 4.79 Å². The molecule has 0 unspecified atom stereocenters. The van der Waals surface area contributed by atoms with Gasteiger partial charge in [-0.2, -0.15) is 4.98 Å². The van der Waals surface area contributed by atoms with Crippen LogP contribution < -0.4 is 9.46 Å². The van der Waals surface area contributed by atoms with Gasteiger partial charge in [-0.15, -0.1) is 0 Å². The standard InChI is InChI=1S/C35H42N6O4S/c1-22-11-9-12-23(2)31(22)28-16-30-39-33(38-28)40-46(43,44)27-14-10-13-24(15-27)32(42)41(26(21-45-30)17-34(3,4)5)20-29-36-18-25(19-37-29)35(6,7)8/h9-16,18-19,26H,17,20-21H2,1-8H3,(H,38,39,40)/t26-/m1/s1. The van der Waals surface area contributed by atoms with E-state index in [1.807, 2.05) is 32.0 Å². The van der Waals surface area contributed by atoms with E-state index in [-0.39, 0.29) is 52.2 Å². The number of amides is 1. The maximum Gasteiger partial charge on any atom is 0.264 e. The maximum absolute atomic E-state index is 14.3. The molecule has 0 radical (unpaired) electrons. The number of carbonyl (C=O) groups excluding carboxylic acids is 1. The monoisotopic (exact) mass is 642 g/mol. The first-order valence-electron chi connectivity index (χ1n) is 15.3. The van der Waals surface area contributed by atoms with Crippen LogP contribution in [0.5, 0.6) is 5.88 Å². The minimum Gasteiger partial charge on any atom is -0.475 e. The Morgan fingerprint density at radius 3 is 2.22 bits per heavy atom. The van der Waals surface area contributed by atoms with Crippen molar-refractivity contribution in [1.29, 1.82) is 0 Å². The van der Waals surface area contributed by atoms with Crippen LogP contribution >= 0.6 is 0 Å². The number of sulfonamides is 1. The summed E-state index contributed by atoms with van der Waals surface area (Å²) in [6.07, 6.45) is 4.16. The van der Waals surface area contributed by atoms with Gasteiger partial charge in [0, 0.05) is 29.6 Å². The molecule has 5 rings (SSSR count). The van der Waals surface area contributed by atoms with E-state index in [4.69, 9.17) is 4.74 Å². The fourth-order valence-electron chi connectivity index (χ4n) is 5.52. The molecule has 242 valence electrons. The van der Waals surface area contributed by atoms with Crippen LogP contribution in [0, 0.1) is 19.3 Å². The first-order valence-corrected chi connectivity index (χ1v) is 16.8. The largest absolute Gasteiger partial charge is 0.475 e. The summed E-state index contributed by atoms with van der Waals surface area (Å²) in [4.78, 5) is 34.2. The molecule has 1 N–H and O–H groups in total. The first-order chi connectivity index (χ1) is 21.5. The summed E-state index contributed by atoms with van der Waals surface area (Å²) in [5.41, 5.74) is 4.21. The fraction of sp³-hybridized carbons (Fsp3) is 0.400. The Balaban J connectivity index is 1.65. The van der Waals surface area contributed by atoms with Crippen molar-refractivity contribution in [2.45, 2.75) is 84.7 Å². The van der Waals surface area contributed by atoms with E-state index in [1.54, 1.807) is 35.5 Å². The van der Waals surface area contributed by atoms with E-state index in [1.165, 1.54) is 12.1 Å². The van der Waals surface area contributed by atoms with Crippen LogP contribution in [0.15, 0.2) is 65.8 Å². The van der Waals surface area contributed by atoms with Crippen molar-refractivity contribution in [3.05, 3.63) is 89.0 Å². The van der Waals surface area contributed by atoms with Crippen molar-refractivity contribution in [2.24, 2.45) is 5.41 Å². The molecule has 1 aliphatic rings. The van der Waals surface area contributed by atoms with E-state index in [2.05, 4.69) is 66.2 Å². The summed E-state index contributed by atoms with van der Waals surface area (Å²) in [5, 5.41) is 0. The molecule has 1 amide bonds. The fourth-order valence-corrected chi connectivity index (χ4v) is 6.51. The summed E-state index contributed by atoms with van der Waals surface area (Å²) >= 11 is 0. The molecule has 11 heteroatoms. The van der Waals surface area contributed by atoms with E-state index in [0.29, 0.717) is 17.9 Å². The number of rotatable bonds is 4. The summed E-state index contributed by atoms with van der Waals surface area (Å²) < 4.78 is 36.1. The zero-order valence-corrected chi connectivity index (χ0v) is 28.6. The minimum absolute atomic E-state index is 0.0840. The van der Waals surface area contributed by atoms with Crippen LogP contribution in [-0.4, -0.2) is 51.8 Å². The first kappa shape index (κ1) is 33.0. The third-order valence-electron chi connectivity index (χ3n) is 7.91. The summed E-state index contributed by atoms with van der Waals surface area (Å²) in [6, 6.07) is 13.2. The summed E-state index contributed by atoms with van der Waals surface area (Å²) in [7, 11) is -4.16. The van der Waals surface area contributed by atoms with Gasteiger partial charge in [-0.1, -0.05) is 65.8 Å². The van der Waals surface area contributed by atoms with E-state index < -0.39 is 16.1 Å². The topological polar surface area (TPSA) is 127 Å². The highest BCUT2D eigenvalue weighted by molar-refractivity contribution is 7.92. The molecule has 2 aromatic heterocycles. The molecule has 0 saturated heterocycles. The zero-order valence-electron chi connectivity index (χ0n) is 27.7. The second-order valence-corrected chi connectivity index (χ2v) is 15.8. The summed E-state index contributed by atoms with van der Waals surface area (Å²) in [5.74, 6) is 0.180. The molecule has 2 aromatic carbocycles. The molecule has 10 nitrogen and oxygen atoms in total. The predicted molar refractivity (Wildman–Crippen MR) is 178 cm³/mol. The van der Waals surface area contributed by atoms with Crippen molar-refractivity contribution in [1.82, 2.24) is 24.8 Å². The van der Waals surface area contributed by atoms with Crippen molar-refractivity contribution in [3.8, 4) is 17.1 Å². The SMILES string of the molecule is Cc1cccc(C)c1-c1cc2nc(n1)NS(=O)(=O)c1cccc(c1)C(=O)N(Cc1ncc(C(C)(C)C)cn1)[C@H](CC(C)(C)C)CO2. The number of nitrogens with one attached hydrogen (secondary N) is 1. The van der Waals surface area contributed by atoms with Gasteiger partial charge >= 0.3 is 0 Å². The Bertz CT molecular complexity index is 1840. The number of aromatic nitrogens is 4. The minimum atomic E-state index is -4.16. The molecule has 4 aromatic rings. The second-order valence-electron chi connectivity index (χ2n) is 14.1. The average molecular weight is 643 g/mol. The van der Waals surface area contributed by atoms with Crippen LogP contribution in [0.2, 0.25) is 0 Å². The lowest BCUT2D eigenvalue weighted by Gasteiger charge is -2.35. The van der Waals surface area contributed by atoms with Crippen LogP contribution in [0.4, 0.5) is 5.95 Å². The van der Waals surface area contributed by atoms with Gasteiger partial charge < -0.3 is 9.64 Å². The van der Waals surface area contributed by atoms with Crippen molar-refractivity contribution < 1.29 is 17.9 Å². The molecule has 1 atom stereocenters. The Morgan fingerprint density at radius 2 is 1.59 bits per heavy atom. The molecule has 46 heavy (non-hydrogen) atoms. The normalized spacial score (nSPS) is 16.8. The van der Waals surface area contributed by atoms with Crippen LogP contribution in [0.3, 0.4) is 0 Å². The van der Waals surface area contributed by atoms with Gasteiger partial charge in [0.1, 0.15) is 12.4 Å². The highest BCUT2D eigenvalue weighted by Crippen LogP contribution is 2.32. The van der Waals surface area contributed by atoms with E-state index in [0.717, 1.165) is 22.3 Å². The third kappa shape index (κ3) is 7.52. The average Bonchev–Trinajstić information content (AvgIpc) is 2.96. The Morgan fingerprint density at radius 1 is 0.935 bits per heavy atom. The lowest BCUT2D eigenvalue weighted by atomic mass is 9.87. The van der Waals surface area contributed by atoms with Gasteiger partial charge in [-0.05, 0) is 66.0 Å². The Hall–Kier alpha value is -4.38. The van der Waals surface area contributed by atoms with Gasteiger partial charge in [0.15, 0.2) is 0 Å². The maximum atomic E-state index is 14.3. The number of fused-ring (bicyclic) bond motifs is 4. The second kappa shape index (κ2) is 12.4. The van der Waals surface area contributed by atoms with Crippen LogP contribution in [0.1, 0.15) is 80.8 Å². The number of nitrogens with zero attached hydrogens (tertiary/aromatic N) is 5. The summed E-state index contributed by atoms with van der Waals surface area (Å²) in [6.45, 7) is 16.7. The lowest BCUT2D eigenvalue weighted by Crippen LogP contribution is -2.45. The molecular formula is C35H42N6O4S. The van der Waals surface area contributed by atoms with Crippen molar-refractivity contribution in [2.75, 3.05) is 11.3 Å². The molecule has 0 spiro atoms. The quantitative estimate of drug-likeness (QED) is 0.268. The van der Waals surface area contributed by atoms with Crippen LogP contribution in [-0.2, 0) is 22.0 Å². The smallest absolute Gasteiger partial charge is 0.264 e. The van der Waals surface area contributed by atoms with Gasteiger partial charge in [0.2, 0.25) is 11.8 Å². The third-order valence-corrected chi connectivity index (χ3v) is 9.24. The number of benzene rings is 2. The Kier molecular flexibility index (Phi) is 8.92. The number of hydrogen-bond donors (Lipinski definition) is 1. The zero-order chi connectivity index (χ0) is 33.4. The molecule has 4 bridgehead atoms. The molecule has 1 aliphatic heterocycles. The highest BCUT2D eigenvalue weighted by atomic mass is 32.2. The molecule has 0 aliphatic carbocycles. The van der Waals surface area contributed by atoms with Crippen LogP contribution in [0.25, 0.3) is 11.3 Å². The van der Waals surface area contributed by atoms with Gasteiger partial charge in [0.25, 0.3) is 15.9 Å². The number of ether oxygens (including phenoxy) is 1. The molecule has 3 heterocycles. The van der Waals surface area contributed by atoms with Crippen molar-refractivity contribution >= 4 is 21.9 Å². The Labute approximate surface area is 271 Å².